The number of benzene rings is 1. The molecular weight excluding hydrogens is 302 g/mol. The third-order valence-electron chi connectivity index (χ3n) is 3.49. The quantitative estimate of drug-likeness (QED) is 0.813. The summed E-state index contributed by atoms with van der Waals surface area (Å²) in [5.41, 5.74) is 1.97. The van der Waals surface area contributed by atoms with Crippen LogP contribution in [0.4, 0.5) is 0 Å². The Morgan fingerprint density at radius 1 is 1.23 bits per heavy atom. The predicted octanol–water partition coefficient (Wildman–Crippen LogP) is 3.23. The third kappa shape index (κ3) is 3.35. The lowest BCUT2D eigenvalue weighted by atomic mass is 10.1. The molecule has 1 aliphatic rings. The maximum Gasteiger partial charge on any atom is 0.137 e. The fourth-order valence-corrected chi connectivity index (χ4v) is 2.49. The molecule has 2 heterocycles. The van der Waals surface area contributed by atoms with Crippen molar-refractivity contribution >= 4 is 11.6 Å². The highest BCUT2D eigenvalue weighted by Crippen LogP contribution is 2.28. The van der Waals surface area contributed by atoms with Gasteiger partial charge in [0.2, 0.25) is 0 Å². The standard InChI is InChI=1S/C16H14ClN3O2/c17-16-8-14(19-10-20-16)11-1-2-15(12(7-11)9-18)22-13-3-5-21-6-4-13/h1-2,7-8,10,13H,3-6H2. The van der Waals surface area contributed by atoms with Crippen LogP contribution in [0.25, 0.3) is 11.3 Å². The average Bonchev–Trinajstić information content (AvgIpc) is 2.56. The van der Waals surface area contributed by atoms with E-state index in [1.165, 1.54) is 6.33 Å². The first kappa shape index (κ1) is 14.8. The summed E-state index contributed by atoms with van der Waals surface area (Å²) in [6.07, 6.45) is 3.18. The number of nitrogens with zero attached hydrogens (tertiary/aromatic N) is 3. The number of hydrogen-bond donors (Lipinski definition) is 0. The van der Waals surface area contributed by atoms with E-state index in [0.717, 1.165) is 18.4 Å². The van der Waals surface area contributed by atoms with Crippen LogP contribution in [0.5, 0.6) is 5.75 Å². The molecular formula is C16H14ClN3O2. The third-order valence-corrected chi connectivity index (χ3v) is 3.70. The first-order valence-electron chi connectivity index (χ1n) is 7.03. The molecule has 5 nitrogen and oxygen atoms in total. The van der Waals surface area contributed by atoms with Gasteiger partial charge in [-0.05, 0) is 18.2 Å². The summed E-state index contributed by atoms with van der Waals surface area (Å²) >= 11 is 5.88. The predicted molar refractivity (Wildman–Crippen MR) is 81.7 cm³/mol. The molecule has 1 fully saturated rings. The SMILES string of the molecule is N#Cc1cc(-c2cc(Cl)ncn2)ccc1OC1CCOCC1. The number of ether oxygens (including phenoxy) is 2. The number of aromatic nitrogens is 2. The van der Waals surface area contributed by atoms with E-state index in [1.54, 1.807) is 18.2 Å². The Kier molecular flexibility index (Phi) is 4.52. The normalized spacial score (nSPS) is 15.3. The minimum atomic E-state index is 0.0974. The van der Waals surface area contributed by atoms with Crippen LogP contribution in [0, 0.1) is 11.3 Å². The smallest absolute Gasteiger partial charge is 0.137 e. The molecule has 1 aliphatic heterocycles. The zero-order chi connectivity index (χ0) is 15.4. The molecule has 6 heteroatoms. The van der Waals surface area contributed by atoms with Gasteiger partial charge in [0, 0.05) is 24.5 Å². The van der Waals surface area contributed by atoms with Crippen molar-refractivity contribution in [2.75, 3.05) is 13.2 Å². The molecule has 0 radical (unpaired) electrons. The van der Waals surface area contributed by atoms with Crippen molar-refractivity contribution in [1.82, 2.24) is 9.97 Å². The van der Waals surface area contributed by atoms with Gasteiger partial charge in [-0.25, -0.2) is 9.97 Å². The van der Waals surface area contributed by atoms with Gasteiger partial charge in [0.05, 0.1) is 24.5 Å². The lowest BCUT2D eigenvalue weighted by Crippen LogP contribution is -2.26. The second kappa shape index (κ2) is 6.73. The Morgan fingerprint density at radius 2 is 2.05 bits per heavy atom. The fourth-order valence-electron chi connectivity index (χ4n) is 2.34. The van der Waals surface area contributed by atoms with Gasteiger partial charge in [-0.2, -0.15) is 5.26 Å². The number of hydrogen-bond acceptors (Lipinski definition) is 5. The minimum Gasteiger partial charge on any atom is -0.489 e. The molecule has 0 amide bonds. The van der Waals surface area contributed by atoms with Crippen LogP contribution in [0.1, 0.15) is 18.4 Å². The molecule has 1 aromatic carbocycles. The van der Waals surface area contributed by atoms with Gasteiger partial charge in [-0.1, -0.05) is 11.6 Å². The molecule has 0 spiro atoms. The molecule has 2 aromatic rings. The highest BCUT2D eigenvalue weighted by Gasteiger charge is 2.17. The Morgan fingerprint density at radius 3 is 2.77 bits per heavy atom. The zero-order valence-electron chi connectivity index (χ0n) is 11.8. The highest BCUT2D eigenvalue weighted by atomic mass is 35.5. The van der Waals surface area contributed by atoms with E-state index in [9.17, 15) is 5.26 Å². The Bertz CT molecular complexity index is 709. The van der Waals surface area contributed by atoms with Gasteiger partial charge in [0.25, 0.3) is 0 Å². The van der Waals surface area contributed by atoms with Crippen molar-refractivity contribution < 1.29 is 9.47 Å². The van der Waals surface area contributed by atoms with E-state index in [0.29, 0.717) is 35.4 Å². The molecule has 0 unspecified atom stereocenters. The molecule has 0 saturated carbocycles. The van der Waals surface area contributed by atoms with Crippen LogP contribution < -0.4 is 4.74 Å². The molecule has 3 rings (SSSR count). The molecule has 0 bridgehead atoms. The summed E-state index contributed by atoms with van der Waals surface area (Å²) in [5.74, 6) is 0.596. The Hall–Kier alpha value is -2.16. The Labute approximate surface area is 133 Å². The maximum absolute atomic E-state index is 9.36. The summed E-state index contributed by atoms with van der Waals surface area (Å²) < 4.78 is 11.2. The molecule has 112 valence electrons. The van der Waals surface area contributed by atoms with Gasteiger partial charge < -0.3 is 9.47 Å². The Balaban J connectivity index is 1.86. The van der Waals surface area contributed by atoms with E-state index >= 15 is 0 Å². The number of rotatable bonds is 3. The van der Waals surface area contributed by atoms with Crippen molar-refractivity contribution in [2.24, 2.45) is 0 Å². The van der Waals surface area contributed by atoms with Gasteiger partial charge in [-0.3, -0.25) is 0 Å². The monoisotopic (exact) mass is 315 g/mol. The van der Waals surface area contributed by atoms with Crippen molar-refractivity contribution in [3.63, 3.8) is 0 Å². The second-order valence-corrected chi connectivity index (χ2v) is 5.37. The van der Waals surface area contributed by atoms with Crippen molar-refractivity contribution in [3.8, 4) is 23.1 Å². The maximum atomic E-state index is 9.36. The zero-order valence-corrected chi connectivity index (χ0v) is 12.6. The van der Waals surface area contributed by atoms with Gasteiger partial charge in [0.15, 0.2) is 0 Å². The first-order chi connectivity index (χ1) is 10.8. The van der Waals surface area contributed by atoms with E-state index in [4.69, 9.17) is 21.1 Å². The van der Waals surface area contributed by atoms with Gasteiger partial charge >= 0.3 is 0 Å². The van der Waals surface area contributed by atoms with Crippen LogP contribution in [0.15, 0.2) is 30.6 Å². The van der Waals surface area contributed by atoms with Crippen LogP contribution in [0.2, 0.25) is 5.15 Å². The van der Waals surface area contributed by atoms with E-state index in [1.807, 2.05) is 6.07 Å². The topological polar surface area (TPSA) is 68.0 Å². The summed E-state index contributed by atoms with van der Waals surface area (Å²) in [7, 11) is 0. The summed E-state index contributed by atoms with van der Waals surface area (Å²) in [4.78, 5) is 8.02. The first-order valence-corrected chi connectivity index (χ1v) is 7.40. The largest absolute Gasteiger partial charge is 0.489 e. The van der Waals surface area contributed by atoms with Crippen molar-refractivity contribution in [2.45, 2.75) is 18.9 Å². The molecule has 1 saturated heterocycles. The van der Waals surface area contributed by atoms with Crippen molar-refractivity contribution in [1.29, 1.82) is 5.26 Å². The van der Waals surface area contributed by atoms with Crippen LogP contribution in [-0.4, -0.2) is 29.3 Å². The molecule has 22 heavy (non-hydrogen) atoms. The second-order valence-electron chi connectivity index (χ2n) is 4.98. The van der Waals surface area contributed by atoms with Crippen LogP contribution in [-0.2, 0) is 4.74 Å². The molecule has 0 N–H and O–H groups in total. The molecule has 0 atom stereocenters. The number of halogens is 1. The highest BCUT2D eigenvalue weighted by molar-refractivity contribution is 6.29. The van der Waals surface area contributed by atoms with Crippen molar-refractivity contribution in [3.05, 3.63) is 41.3 Å². The van der Waals surface area contributed by atoms with Crippen LogP contribution >= 0.6 is 11.6 Å². The average molecular weight is 316 g/mol. The summed E-state index contributed by atoms with van der Waals surface area (Å²) in [5, 5.41) is 9.73. The molecule has 0 aliphatic carbocycles. The van der Waals surface area contributed by atoms with E-state index < -0.39 is 0 Å². The lowest BCUT2D eigenvalue weighted by molar-refractivity contribution is 0.0254. The van der Waals surface area contributed by atoms with E-state index in [2.05, 4.69) is 16.0 Å². The van der Waals surface area contributed by atoms with Crippen LogP contribution in [0.3, 0.4) is 0 Å². The summed E-state index contributed by atoms with van der Waals surface area (Å²) in [6.45, 7) is 1.40. The minimum absolute atomic E-state index is 0.0974. The van der Waals surface area contributed by atoms with Gasteiger partial charge in [-0.15, -0.1) is 0 Å². The fraction of sp³-hybridized carbons (Fsp3) is 0.312. The van der Waals surface area contributed by atoms with Gasteiger partial charge in [0.1, 0.15) is 29.4 Å². The molecule has 1 aromatic heterocycles. The lowest BCUT2D eigenvalue weighted by Gasteiger charge is -2.23. The summed E-state index contributed by atoms with van der Waals surface area (Å²) in [6, 6.07) is 9.27. The van der Waals surface area contributed by atoms with E-state index in [-0.39, 0.29) is 6.10 Å². The number of nitriles is 1.